The fourth-order valence-electron chi connectivity index (χ4n) is 1.44. The third-order valence-electron chi connectivity index (χ3n) is 2.40. The fourth-order valence-corrected chi connectivity index (χ4v) is 1.44. The van der Waals surface area contributed by atoms with Crippen LogP contribution in [0.3, 0.4) is 0 Å². The quantitative estimate of drug-likeness (QED) is 0.315. The SMILES string of the molecule is C=CC(=O)CC(=C)C(=O)C1CC(=O)N(O)C1=O. The molecule has 0 saturated carbocycles. The van der Waals surface area contributed by atoms with Gasteiger partial charge in [-0.1, -0.05) is 13.2 Å². The van der Waals surface area contributed by atoms with Crippen LogP contribution in [0, 0.1) is 5.92 Å². The Morgan fingerprint density at radius 2 is 2.06 bits per heavy atom. The topological polar surface area (TPSA) is 91.8 Å². The molecule has 17 heavy (non-hydrogen) atoms. The van der Waals surface area contributed by atoms with E-state index in [0.717, 1.165) is 6.08 Å². The highest BCUT2D eigenvalue weighted by Gasteiger charge is 2.43. The van der Waals surface area contributed by atoms with Crippen molar-refractivity contribution in [3.05, 3.63) is 24.8 Å². The van der Waals surface area contributed by atoms with Crippen molar-refractivity contribution in [2.45, 2.75) is 12.8 Å². The van der Waals surface area contributed by atoms with E-state index in [-0.39, 0.29) is 17.1 Å². The number of hydrogen-bond acceptors (Lipinski definition) is 5. The summed E-state index contributed by atoms with van der Waals surface area (Å²) in [6, 6.07) is 0. The van der Waals surface area contributed by atoms with Crippen molar-refractivity contribution in [2.24, 2.45) is 5.92 Å². The molecular weight excluding hydrogens is 226 g/mol. The van der Waals surface area contributed by atoms with Crippen LogP contribution in [0.2, 0.25) is 0 Å². The van der Waals surface area contributed by atoms with Crippen molar-refractivity contribution in [3.8, 4) is 0 Å². The number of rotatable bonds is 5. The van der Waals surface area contributed by atoms with E-state index >= 15 is 0 Å². The van der Waals surface area contributed by atoms with E-state index in [9.17, 15) is 19.2 Å². The molecule has 0 spiro atoms. The van der Waals surface area contributed by atoms with Crippen LogP contribution >= 0.6 is 0 Å². The van der Waals surface area contributed by atoms with E-state index in [2.05, 4.69) is 13.2 Å². The Kier molecular flexibility index (Phi) is 3.69. The van der Waals surface area contributed by atoms with Gasteiger partial charge in [0.05, 0.1) is 0 Å². The predicted molar refractivity (Wildman–Crippen MR) is 55.7 cm³/mol. The van der Waals surface area contributed by atoms with E-state index < -0.39 is 35.7 Å². The normalized spacial score (nSPS) is 19.4. The highest BCUT2D eigenvalue weighted by Crippen LogP contribution is 2.22. The number of carbonyl (C=O) groups is 4. The molecule has 1 heterocycles. The highest BCUT2D eigenvalue weighted by molar-refractivity contribution is 6.18. The lowest BCUT2D eigenvalue weighted by atomic mass is 9.94. The number of amides is 2. The molecule has 0 aromatic rings. The number of carbonyl (C=O) groups excluding carboxylic acids is 4. The van der Waals surface area contributed by atoms with E-state index in [1.54, 1.807) is 0 Å². The molecule has 0 radical (unpaired) electrons. The maximum atomic E-state index is 11.7. The molecule has 6 heteroatoms. The van der Waals surface area contributed by atoms with Crippen molar-refractivity contribution < 1.29 is 24.4 Å². The third-order valence-corrected chi connectivity index (χ3v) is 2.40. The molecule has 0 aromatic carbocycles. The Balaban J connectivity index is 2.75. The van der Waals surface area contributed by atoms with Gasteiger partial charge in [0, 0.05) is 12.8 Å². The lowest BCUT2D eigenvalue weighted by Crippen LogP contribution is -2.30. The molecule has 1 rings (SSSR count). The number of allylic oxidation sites excluding steroid dienone is 2. The zero-order chi connectivity index (χ0) is 13.2. The standard InChI is InChI=1S/C11H11NO5/c1-3-7(13)4-6(2)10(15)8-5-9(14)12(17)11(8)16/h3,8,17H,1-2,4-5H2. The second-order valence-electron chi connectivity index (χ2n) is 3.62. The first-order valence-electron chi connectivity index (χ1n) is 4.81. The van der Waals surface area contributed by atoms with Gasteiger partial charge in [-0.25, -0.2) is 0 Å². The van der Waals surface area contributed by atoms with Crippen LogP contribution < -0.4 is 0 Å². The number of imide groups is 1. The van der Waals surface area contributed by atoms with Gasteiger partial charge in [0.15, 0.2) is 11.6 Å². The van der Waals surface area contributed by atoms with Gasteiger partial charge in [0.1, 0.15) is 5.92 Å². The van der Waals surface area contributed by atoms with Crippen LogP contribution in [-0.2, 0) is 19.2 Å². The first kappa shape index (κ1) is 13.0. The van der Waals surface area contributed by atoms with Crippen molar-refractivity contribution in [2.75, 3.05) is 0 Å². The molecule has 1 aliphatic rings. The predicted octanol–water partition coefficient (Wildman–Crippen LogP) is 0.0212. The van der Waals surface area contributed by atoms with Gasteiger partial charge >= 0.3 is 0 Å². The lowest BCUT2D eigenvalue weighted by Gasteiger charge is -2.07. The van der Waals surface area contributed by atoms with Crippen molar-refractivity contribution >= 4 is 23.4 Å². The van der Waals surface area contributed by atoms with E-state index in [0.29, 0.717) is 0 Å². The molecule has 1 fully saturated rings. The number of hydrogen-bond donors (Lipinski definition) is 1. The first-order chi connectivity index (χ1) is 7.88. The summed E-state index contributed by atoms with van der Waals surface area (Å²) in [4.78, 5) is 45.0. The summed E-state index contributed by atoms with van der Waals surface area (Å²) in [5, 5.41) is 8.89. The van der Waals surface area contributed by atoms with Gasteiger partial charge in [-0.15, -0.1) is 0 Å². The van der Waals surface area contributed by atoms with Crippen LogP contribution in [0.5, 0.6) is 0 Å². The summed E-state index contributed by atoms with van der Waals surface area (Å²) in [7, 11) is 0. The molecule has 1 N–H and O–H groups in total. The number of nitrogens with zero attached hydrogens (tertiary/aromatic N) is 1. The molecule has 1 aliphatic heterocycles. The van der Waals surface area contributed by atoms with Crippen LogP contribution in [0.25, 0.3) is 0 Å². The molecule has 0 aromatic heterocycles. The smallest absolute Gasteiger partial charge is 0.264 e. The summed E-state index contributed by atoms with van der Waals surface area (Å²) in [5.74, 6) is -4.18. The van der Waals surface area contributed by atoms with Gasteiger partial charge in [0.25, 0.3) is 11.8 Å². The maximum Gasteiger partial charge on any atom is 0.264 e. The molecule has 1 saturated heterocycles. The fraction of sp³-hybridized carbons (Fsp3) is 0.273. The summed E-state index contributed by atoms with van der Waals surface area (Å²) in [6.45, 7) is 6.63. The largest absolute Gasteiger partial charge is 0.295 e. The Bertz CT molecular complexity index is 437. The maximum absolute atomic E-state index is 11.7. The number of Topliss-reactive ketones (excluding diaryl/α,β-unsaturated/α-hetero) is 1. The Morgan fingerprint density at radius 1 is 1.47 bits per heavy atom. The summed E-state index contributed by atoms with van der Waals surface area (Å²) >= 11 is 0. The van der Waals surface area contributed by atoms with Gasteiger partial charge in [0.2, 0.25) is 0 Å². The van der Waals surface area contributed by atoms with Crippen LogP contribution in [0.15, 0.2) is 24.8 Å². The molecule has 0 aliphatic carbocycles. The van der Waals surface area contributed by atoms with Crippen LogP contribution in [0.1, 0.15) is 12.8 Å². The number of hydroxylamine groups is 2. The average molecular weight is 237 g/mol. The molecule has 1 unspecified atom stereocenters. The molecule has 0 bridgehead atoms. The zero-order valence-electron chi connectivity index (χ0n) is 9.01. The molecule has 2 amide bonds. The van der Waals surface area contributed by atoms with E-state index in [4.69, 9.17) is 5.21 Å². The van der Waals surface area contributed by atoms with Gasteiger partial charge in [-0.3, -0.25) is 24.4 Å². The zero-order valence-corrected chi connectivity index (χ0v) is 9.01. The lowest BCUT2D eigenvalue weighted by molar-refractivity contribution is -0.172. The second kappa shape index (κ2) is 4.84. The molecule has 90 valence electrons. The number of ketones is 2. The van der Waals surface area contributed by atoms with Gasteiger partial charge in [-0.2, -0.15) is 5.06 Å². The Morgan fingerprint density at radius 3 is 2.47 bits per heavy atom. The second-order valence-corrected chi connectivity index (χ2v) is 3.62. The summed E-state index contributed by atoms with van der Waals surface area (Å²) in [6.07, 6.45) is 0.402. The van der Waals surface area contributed by atoms with Crippen LogP contribution in [0.4, 0.5) is 0 Å². The van der Waals surface area contributed by atoms with Crippen molar-refractivity contribution in [1.82, 2.24) is 5.06 Å². The molecular formula is C11H11NO5. The molecule has 6 nitrogen and oxygen atoms in total. The minimum atomic E-state index is -1.27. The summed E-state index contributed by atoms with van der Waals surface area (Å²) in [5.41, 5.74) is -0.0728. The van der Waals surface area contributed by atoms with E-state index in [1.165, 1.54) is 0 Å². The Labute approximate surface area is 97.2 Å². The average Bonchev–Trinajstić information content (AvgIpc) is 2.55. The Hall–Kier alpha value is -2.08. The van der Waals surface area contributed by atoms with Crippen molar-refractivity contribution in [3.63, 3.8) is 0 Å². The van der Waals surface area contributed by atoms with Crippen molar-refractivity contribution in [1.29, 1.82) is 0 Å². The summed E-state index contributed by atoms with van der Waals surface area (Å²) < 4.78 is 0. The third kappa shape index (κ3) is 2.54. The first-order valence-corrected chi connectivity index (χ1v) is 4.81. The van der Waals surface area contributed by atoms with Gasteiger partial charge in [-0.05, 0) is 11.6 Å². The minimum absolute atomic E-state index is 0.0728. The highest BCUT2D eigenvalue weighted by atomic mass is 16.5. The van der Waals surface area contributed by atoms with E-state index in [1.807, 2.05) is 0 Å². The monoisotopic (exact) mass is 237 g/mol. The molecule has 1 atom stereocenters. The minimum Gasteiger partial charge on any atom is -0.295 e. The van der Waals surface area contributed by atoms with Crippen LogP contribution in [-0.4, -0.2) is 33.7 Å². The van der Waals surface area contributed by atoms with Gasteiger partial charge < -0.3 is 0 Å².